The molecule has 0 spiro atoms. The van der Waals surface area contributed by atoms with Crippen LogP contribution >= 0.6 is 0 Å². The lowest BCUT2D eigenvalue weighted by atomic mass is 9.96. The zero-order chi connectivity index (χ0) is 13.2. The molecule has 1 unspecified atom stereocenters. The van der Waals surface area contributed by atoms with Crippen LogP contribution in [0.4, 0.5) is 0 Å². The van der Waals surface area contributed by atoms with Crippen LogP contribution in [0.1, 0.15) is 28.3 Å². The van der Waals surface area contributed by atoms with E-state index in [9.17, 15) is 0 Å². The Balaban J connectivity index is 1.85. The van der Waals surface area contributed by atoms with Crippen molar-refractivity contribution in [2.24, 2.45) is 5.73 Å². The van der Waals surface area contributed by atoms with Crippen LogP contribution in [0.5, 0.6) is 5.75 Å². The number of aryl methyl sites for hydroxylation is 1. The summed E-state index contributed by atoms with van der Waals surface area (Å²) >= 11 is 0. The lowest BCUT2D eigenvalue weighted by Gasteiger charge is -2.16. The third-order valence-corrected chi connectivity index (χ3v) is 3.68. The van der Waals surface area contributed by atoms with E-state index in [1.165, 1.54) is 16.7 Å². The van der Waals surface area contributed by atoms with Gasteiger partial charge in [0.25, 0.3) is 0 Å². The van der Waals surface area contributed by atoms with Gasteiger partial charge in [-0.05, 0) is 24.5 Å². The van der Waals surface area contributed by atoms with Gasteiger partial charge in [0.05, 0.1) is 6.61 Å². The van der Waals surface area contributed by atoms with Gasteiger partial charge in [-0.1, -0.05) is 48.0 Å². The lowest BCUT2D eigenvalue weighted by Crippen LogP contribution is -2.14. The molecular weight excluding hydrogens is 234 g/mol. The molecule has 0 amide bonds. The number of benzene rings is 2. The number of hydrogen-bond acceptors (Lipinski definition) is 2. The first-order valence-corrected chi connectivity index (χ1v) is 6.80. The van der Waals surface area contributed by atoms with Crippen molar-refractivity contribution in [1.29, 1.82) is 0 Å². The summed E-state index contributed by atoms with van der Waals surface area (Å²) in [5.74, 6) is 1.02. The molecular formula is C17H19NO. The number of nitrogens with two attached hydrogens (primary N) is 1. The Kier molecular flexibility index (Phi) is 3.26. The second-order valence-electron chi connectivity index (χ2n) is 5.23. The average molecular weight is 253 g/mol. The van der Waals surface area contributed by atoms with E-state index in [0.717, 1.165) is 30.8 Å². The second-order valence-corrected chi connectivity index (χ2v) is 5.23. The van der Waals surface area contributed by atoms with Crippen molar-refractivity contribution < 1.29 is 4.74 Å². The summed E-state index contributed by atoms with van der Waals surface area (Å²) in [6.45, 7) is 2.89. The Morgan fingerprint density at radius 1 is 1.21 bits per heavy atom. The first kappa shape index (κ1) is 12.2. The molecule has 1 atom stereocenters. The highest BCUT2D eigenvalue weighted by atomic mass is 16.5. The van der Waals surface area contributed by atoms with Crippen LogP contribution in [0.2, 0.25) is 0 Å². The molecule has 2 N–H and O–H groups in total. The van der Waals surface area contributed by atoms with Crippen molar-refractivity contribution in [3.63, 3.8) is 0 Å². The van der Waals surface area contributed by atoms with Crippen LogP contribution in [0, 0.1) is 6.92 Å². The fourth-order valence-electron chi connectivity index (χ4n) is 2.74. The predicted molar refractivity (Wildman–Crippen MR) is 77.5 cm³/mol. The van der Waals surface area contributed by atoms with E-state index >= 15 is 0 Å². The van der Waals surface area contributed by atoms with E-state index in [1.54, 1.807) is 0 Å². The molecule has 19 heavy (non-hydrogen) atoms. The topological polar surface area (TPSA) is 35.2 Å². The Morgan fingerprint density at radius 3 is 2.89 bits per heavy atom. The smallest absolute Gasteiger partial charge is 0.127 e. The summed E-state index contributed by atoms with van der Waals surface area (Å²) < 4.78 is 5.73. The third kappa shape index (κ3) is 2.49. The van der Waals surface area contributed by atoms with Crippen LogP contribution in [-0.4, -0.2) is 6.61 Å². The molecule has 0 bridgehead atoms. The maximum absolute atomic E-state index is 6.37. The van der Waals surface area contributed by atoms with Gasteiger partial charge in [0.2, 0.25) is 0 Å². The number of fused-ring (bicyclic) bond motifs is 1. The maximum Gasteiger partial charge on any atom is 0.127 e. The summed E-state index contributed by atoms with van der Waals surface area (Å²) in [5.41, 5.74) is 11.4. The molecule has 0 saturated carbocycles. The number of hydrogen-bond donors (Lipinski definition) is 1. The average Bonchev–Trinajstić information content (AvgIpc) is 2.86. The Morgan fingerprint density at radius 2 is 2.05 bits per heavy atom. The van der Waals surface area contributed by atoms with E-state index in [1.807, 2.05) is 0 Å². The molecule has 0 radical (unpaired) electrons. The normalized spacial score (nSPS) is 14.8. The van der Waals surface area contributed by atoms with Crippen molar-refractivity contribution in [2.45, 2.75) is 25.8 Å². The van der Waals surface area contributed by atoms with Gasteiger partial charge in [0, 0.05) is 18.0 Å². The lowest BCUT2D eigenvalue weighted by molar-refractivity contribution is 0.351. The van der Waals surface area contributed by atoms with Crippen molar-refractivity contribution in [1.82, 2.24) is 0 Å². The fourth-order valence-corrected chi connectivity index (χ4v) is 2.74. The summed E-state index contributed by atoms with van der Waals surface area (Å²) in [5, 5.41) is 0. The van der Waals surface area contributed by atoms with Crippen molar-refractivity contribution in [2.75, 3.05) is 6.61 Å². The van der Waals surface area contributed by atoms with Gasteiger partial charge in [0.1, 0.15) is 5.75 Å². The first-order valence-electron chi connectivity index (χ1n) is 6.80. The largest absolute Gasteiger partial charge is 0.493 e. The molecule has 0 aromatic heterocycles. The fraction of sp³-hybridized carbons (Fsp3) is 0.294. The number of ether oxygens (including phenoxy) is 1. The quantitative estimate of drug-likeness (QED) is 0.912. The van der Waals surface area contributed by atoms with Crippen LogP contribution in [-0.2, 0) is 12.8 Å². The summed E-state index contributed by atoms with van der Waals surface area (Å²) in [7, 11) is 0. The van der Waals surface area contributed by atoms with Gasteiger partial charge >= 0.3 is 0 Å². The molecule has 2 heteroatoms. The molecule has 2 aromatic carbocycles. The van der Waals surface area contributed by atoms with E-state index in [0.29, 0.717) is 0 Å². The van der Waals surface area contributed by atoms with E-state index in [2.05, 4.69) is 49.4 Å². The van der Waals surface area contributed by atoms with Gasteiger partial charge in [-0.25, -0.2) is 0 Å². The van der Waals surface area contributed by atoms with Crippen LogP contribution in [0.25, 0.3) is 0 Å². The highest BCUT2D eigenvalue weighted by Gasteiger charge is 2.19. The molecule has 0 aliphatic carbocycles. The van der Waals surface area contributed by atoms with Crippen molar-refractivity contribution >= 4 is 0 Å². The molecule has 0 fully saturated rings. The summed E-state index contributed by atoms with van der Waals surface area (Å²) in [6, 6.07) is 14.8. The molecule has 0 saturated heterocycles. The third-order valence-electron chi connectivity index (χ3n) is 3.68. The van der Waals surface area contributed by atoms with Gasteiger partial charge in [-0.2, -0.15) is 0 Å². The van der Waals surface area contributed by atoms with E-state index < -0.39 is 0 Å². The van der Waals surface area contributed by atoms with Crippen molar-refractivity contribution in [3.05, 3.63) is 64.7 Å². The van der Waals surface area contributed by atoms with E-state index in [4.69, 9.17) is 10.5 Å². The van der Waals surface area contributed by atoms with Gasteiger partial charge in [0.15, 0.2) is 0 Å². The van der Waals surface area contributed by atoms with Gasteiger partial charge < -0.3 is 10.5 Å². The SMILES string of the molecule is Cc1cccc(CC(N)c2cccc3c2OCC3)c1. The minimum atomic E-state index is -0.00477. The van der Waals surface area contributed by atoms with Crippen LogP contribution in [0.15, 0.2) is 42.5 Å². The standard InChI is InChI=1S/C17H19NO/c1-12-4-2-5-13(10-12)11-16(18)15-7-3-6-14-8-9-19-17(14)15/h2-7,10,16H,8-9,11,18H2,1H3. The molecule has 2 nitrogen and oxygen atoms in total. The zero-order valence-electron chi connectivity index (χ0n) is 11.2. The minimum Gasteiger partial charge on any atom is -0.493 e. The first-order chi connectivity index (χ1) is 9.24. The van der Waals surface area contributed by atoms with Crippen LogP contribution in [0.3, 0.4) is 0 Å². The number of rotatable bonds is 3. The summed E-state index contributed by atoms with van der Waals surface area (Å²) in [6.07, 6.45) is 1.85. The molecule has 2 aromatic rings. The zero-order valence-corrected chi connectivity index (χ0v) is 11.2. The highest BCUT2D eigenvalue weighted by Crippen LogP contribution is 2.33. The molecule has 1 heterocycles. The Hall–Kier alpha value is -1.80. The van der Waals surface area contributed by atoms with Crippen molar-refractivity contribution in [3.8, 4) is 5.75 Å². The Labute approximate surface area is 114 Å². The monoisotopic (exact) mass is 253 g/mol. The van der Waals surface area contributed by atoms with Crippen LogP contribution < -0.4 is 10.5 Å². The maximum atomic E-state index is 6.37. The molecule has 1 aliphatic rings. The summed E-state index contributed by atoms with van der Waals surface area (Å²) in [4.78, 5) is 0. The van der Waals surface area contributed by atoms with Gasteiger partial charge in [-0.3, -0.25) is 0 Å². The minimum absolute atomic E-state index is 0.00477. The van der Waals surface area contributed by atoms with E-state index in [-0.39, 0.29) is 6.04 Å². The molecule has 3 rings (SSSR count). The Bertz CT molecular complexity index is 592. The predicted octanol–water partition coefficient (Wildman–Crippen LogP) is 3.17. The molecule has 98 valence electrons. The van der Waals surface area contributed by atoms with Gasteiger partial charge in [-0.15, -0.1) is 0 Å². The second kappa shape index (κ2) is 5.06. The number of para-hydroxylation sites is 1. The highest BCUT2D eigenvalue weighted by molar-refractivity contribution is 5.46. The molecule has 1 aliphatic heterocycles.